The number of hydrogen-bond acceptors (Lipinski definition) is 4. The Morgan fingerprint density at radius 2 is 1.71 bits per heavy atom. The van der Waals surface area contributed by atoms with Crippen LogP contribution < -0.4 is 15.4 Å². The van der Waals surface area contributed by atoms with Crippen molar-refractivity contribution in [2.75, 3.05) is 6.54 Å². The molecule has 0 atom stereocenters. The van der Waals surface area contributed by atoms with E-state index >= 15 is 0 Å². The highest BCUT2D eigenvalue weighted by atomic mass is 19.1. The van der Waals surface area contributed by atoms with Crippen LogP contribution in [0.25, 0.3) is 0 Å². The first-order valence-corrected chi connectivity index (χ1v) is 8.58. The van der Waals surface area contributed by atoms with Crippen molar-refractivity contribution in [1.29, 1.82) is 0 Å². The zero-order chi connectivity index (χ0) is 19.8. The van der Waals surface area contributed by atoms with Crippen LogP contribution in [0.4, 0.5) is 4.39 Å². The topological polar surface area (TPSA) is 80.3 Å². The van der Waals surface area contributed by atoms with Crippen molar-refractivity contribution in [2.24, 2.45) is 0 Å². The fraction of sp³-hybridized carbons (Fsp3) is 0.0952. The minimum Gasteiger partial charge on any atom is -0.439 e. The van der Waals surface area contributed by atoms with Crippen molar-refractivity contribution in [1.82, 2.24) is 15.6 Å². The molecule has 28 heavy (non-hydrogen) atoms. The quantitative estimate of drug-likeness (QED) is 0.661. The molecule has 3 rings (SSSR count). The van der Waals surface area contributed by atoms with Crippen molar-refractivity contribution in [3.63, 3.8) is 0 Å². The molecule has 1 aromatic heterocycles. The molecule has 0 unspecified atom stereocenters. The molecule has 0 spiro atoms. The lowest BCUT2D eigenvalue weighted by atomic mass is 10.2. The van der Waals surface area contributed by atoms with Crippen LogP contribution in [0, 0.1) is 5.82 Å². The fourth-order valence-electron chi connectivity index (χ4n) is 2.35. The van der Waals surface area contributed by atoms with E-state index < -0.39 is 0 Å². The summed E-state index contributed by atoms with van der Waals surface area (Å²) in [6, 6.07) is 17.7. The second-order valence-electron chi connectivity index (χ2n) is 5.88. The van der Waals surface area contributed by atoms with Crippen molar-refractivity contribution < 1.29 is 18.7 Å². The zero-order valence-electron chi connectivity index (χ0n) is 14.9. The number of aromatic nitrogens is 1. The molecule has 0 aliphatic rings. The second kappa shape index (κ2) is 9.27. The molecule has 3 aromatic rings. The second-order valence-corrected chi connectivity index (χ2v) is 5.88. The summed E-state index contributed by atoms with van der Waals surface area (Å²) < 4.78 is 18.5. The van der Waals surface area contributed by atoms with Crippen LogP contribution in [-0.2, 0) is 11.3 Å². The van der Waals surface area contributed by atoms with E-state index in [1.165, 1.54) is 24.3 Å². The van der Waals surface area contributed by atoms with Gasteiger partial charge in [0.05, 0.1) is 6.54 Å². The maximum atomic E-state index is 12.9. The third-order valence-electron chi connectivity index (χ3n) is 3.77. The van der Waals surface area contributed by atoms with Crippen molar-refractivity contribution >= 4 is 11.8 Å². The molecule has 142 valence electrons. The van der Waals surface area contributed by atoms with Gasteiger partial charge >= 0.3 is 0 Å². The highest BCUT2D eigenvalue weighted by Gasteiger charge is 2.08. The van der Waals surface area contributed by atoms with E-state index in [1.807, 2.05) is 6.07 Å². The Hall–Kier alpha value is -3.74. The fourth-order valence-corrected chi connectivity index (χ4v) is 2.35. The third kappa shape index (κ3) is 5.63. The van der Waals surface area contributed by atoms with Gasteiger partial charge in [0.25, 0.3) is 5.91 Å². The van der Waals surface area contributed by atoms with Gasteiger partial charge in [-0.1, -0.05) is 18.2 Å². The van der Waals surface area contributed by atoms with Gasteiger partial charge in [0.1, 0.15) is 11.6 Å². The van der Waals surface area contributed by atoms with Crippen molar-refractivity contribution in [3.8, 4) is 11.6 Å². The lowest BCUT2D eigenvalue weighted by molar-refractivity contribution is -0.120. The standard InChI is InChI=1S/C21H18FN3O3/c22-17-6-8-18(9-7-17)28-20-12-15(10-11-23-20)13-24-19(26)14-25-21(27)16-4-2-1-3-5-16/h1-12H,13-14H2,(H,24,26)(H,25,27). The van der Waals surface area contributed by atoms with Gasteiger partial charge in [-0.15, -0.1) is 0 Å². The first kappa shape index (κ1) is 19.0. The number of ether oxygens (including phenoxy) is 1. The van der Waals surface area contributed by atoms with Gasteiger partial charge in [0, 0.05) is 24.4 Å². The number of amides is 2. The lowest BCUT2D eigenvalue weighted by Gasteiger charge is -2.09. The van der Waals surface area contributed by atoms with E-state index in [2.05, 4.69) is 15.6 Å². The lowest BCUT2D eigenvalue weighted by Crippen LogP contribution is -2.36. The largest absolute Gasteiger partial charge is 0.439 e. The summed E-state index contributed by atoms with van der Waals surface area (Å²) in [5, 5.41) is 5.28. The Morgan fingerprint density at radius 1 is 0.964 bits per heavy atom. The maximum absolute atomic E-state index is 12.9. The van der Waals surface area contributed by atoms with Gasteiger partial charge < -0.3 is 15.4 Å². The molecule has 0 fully saturated rings. The molecule has 0 saturated carbocycles. The number of halogens is 1. The Bertz CT molecular complexity index is 947. The molecule has 0 aliphatic carbocycles. The highest BCUT2D eigenvalue weighted by molar-refractivity contribution is 5.96. The number of carbonyl (C=O) groups is 2. The molecule has 7 heteroatoms. The molecule has 1 heterocycles. The minimum atomic E-state index is -0.351. The summed E-state index contributed by atoms with van der Waals surface area (Å²) in [4.78, 5) is 28.0. The van der Waals surface area contributed by atoms with Gasteiger partial charge in [-0.25, -0.2) is 9.37 Å². The van der Waals surface area contributed by atoms with E-state index in [-0.39, 0.29) is 30.7 Å². The SMILES string of the molecule is O=C(CNC(=O)c1ccccc1)NCc1ccnc(Oc2ccc(F)cc2)c1. The van der Waals surface area contributed by atoms with Gasteiger partial charge in [-0.3, -0.25) is 9.59 Å². The molecule has 0 bridgehead atoms. The summed E-state index contributed by atoms with van der Waals surface area (Å²) in [6.07, 6.45) is 1.55. The smallest absolute Gasteiger partial charge is 0.251 e. The molecular weight excluding hydrogens is 361 g/mol. The number of carbonyl (C=O) groups excluding carboxylic acids is 2. The average molecular weight is 379 g/mol. The molecule has 0 aliphatic heterocycles. The predicted octanol–water partition coefficient (Wildman–Crippen LogP) is 3.06. The minimum absolute atomic E-state index is 0.127. The normalized spacial score (nSPS) is 10.2. The molecule has 6 nitrogen and oxygen atoms in total. The maximum Gasteiger partial charge on any atom is 0.251 e. The Morgan fingerprint density at radius 3 is 2.46 bits per heavy atom. The van der Waals surface area contributed by atoms with Crippen LogP contribution in [0.15, 0.2) is 72.9 Å². The first-order valence-electron chi connectivity index (χ1n) is 8.58. The van der Waals surface area contributed by atoms with Gasteiger partial charge in [-0.05, 0) is 48.0 Å². The highest BCUT2D eigenvalue weighted by Crippen LogP contribution is 2.20. The third-order valence-corrected chi connectivity index (χ3v) is 3.77. The van der Waals surface area contributed by atoms with E-state index in [4.69, 9.17) is 4.74 Å². The molecule has 2 amide bonds. The van der Waals surface area contributed by atoms with Gasteiger partial charge in [0.2, 0.25) is 11.8 Å². The zero-order valence-corrected chi connectivity index (χ0v) is 14.9. The number of nitrogens with one attached hydrogen (secondary N) is 2. The Kier molecular flexibility index (Phi) is 6.30. The summed E-state index contributed by atoms with van der Waals surface area (Å²) in [5.74, 6) is -0.192. The Balaban J connectivity index is 1.48. The summed E-state index contributed by atoms with van der Waals surface area (Å²) in [7, 11) is 0. The van der Waals surface area contributed by atoms with Gasteiger partial charge in [-0.2, -0.15) is 0 Å². The summed E-state index contributed by atoms with van der Waals surface area (Å²) in [6.45, 7) is 0.125. The molecular formula is C21H18FN3O3. The monoisotopic (exact) mass is 379 g/mol. The number of hydrogen-bond donors (Lipinski definition) is 2. The number of pyridine rings is 1. The van der Waals surface area contributed by atoms with Crippen LogP contribution in [0.2, 0.25) is 0 Å². The van der Waals surface area contributed by atoms with Crippen LogP contribution in [0.5, 0.6) is 11.6 Å². The van der Waals surface area contributed by atoms with Crippen LogP contribution >= 0.6 is 0 Å². The van der Waals surface area contributed by atoms with E-state index in [9.17, 15) is 14.0 Å². The Labute approximate surface area is 161 Å². The first-order chi connectivity index (χ1) is 13.6. The van der Waals surface area contributed by atoms with E-state index in [0.717, 1.165) is 5.56 Å². The van der Waals surface area contributed by atoms with Crippen LogP contribution in [-0.4, -0.2) is 23.3 Å². The predicted molar refractivity (Wildman–Crippen MR) is 101 cm³/mol. The summed E-state index contributed by atoms with van der Waals surface area (Å²) in [5.41, 5.74) is 1.27. The molecule has 0 radical (unpaired) electrons. The summed E-state index contributed by atoms with van der Waals surface area (Å²) >= 11 is 0. The van der Waals surface area contributed by atoms with E-state index in [0.29, 0.717) is 17.2 Å². The average Bonchev–Trinajstić information content (AvgIpc) is 2.73. The van der Waals surface area contributed by atoms with Crippen molar-refractivity contribution in [3.05, 3.63) is 89.9 Å². The molecule has 2 aromatic carbocycles. The number of nitrogens with zero attached hydrogens (tertiary/aromatic N) is 1. The van der Waals surface area contributed by atoms with Crippen molar-refractivity contribution in [2.45, 2.75) is 6.54 Å². The number of rotatable bonds is 7. The van der Waals surface area contributed by atoms with Crippen LogP contribution in [0.1, 0.15) is 15.9 Å². The van der Waals surface area contributed by atoms with Crippen LogP contribution in [0.3, 0.4) is 0 Å². The molecule has 0 saturated heterocycles. The van der Waals surface area contributed by atoms with Gasteiger partial charge in [0.15, 0.2) is 0 Å². The number of benzene rings is 2. The molecule has 2 N–H and O–H groups in total. The van der Waals surface area contributed by atoms with E-state index in [1.54, 1.807) is 42.6 Å².